The van der Waals surface area contributed by atoms with Crippen LogP contribution >= 0.6 is 15.9 Å². The monoisotopic (exact) mass is 297 g/mol. The van der Waals surface area contributed by atoms with Gasteiger partial charge in [0.1, 0.15) is 0 Å². The summed E-state index contributed by atoms with van der Waals surface area (Å²) >= 11 is 3.57. The van der Waals surface area contributed by atoms with Gasteiger partial charge in [0, 0.05) is 25.5 Å². The van der Waals surface area contributed by atoms with Crippen LogP contribution in [0.3, 0.4) is 0 Å². The van der Waals surface area contributed by atoms with Gasteiger partial charge in [0.25, 0.3) is 0 Å². The molecule has 0 atom stereocenters. The molecule has 1 saturated heterocycles. The second kappa shape index (κ2) is 6.36. The number of hydrogen-bond acceptors (Lipinski definition) is 3. The summed E-state index contributed by atoms with van der Waals surface area (Å²) in [5.41, 5.74) is 1.28. The number of aromatic nitrogens is 1. The van der Waals surface area contributed by atoms with Crippen LogP contribution in [0.5, 0.6) is 0 Å². The molecule has 3 nitrogen and oxygen atoms in total. The highest BCUT2D eigenvalue weighted by Crippen LogP contribution is 2.28. The van der Waals surface area contributed by atoms with Crippen molar-refractivity contribution in [2.45, 2.75) is 19.8 Å². The molecular formula is C13H20BrN3. The lowest BCUT2D eigenvalue weighted by Gasteiger charge is -2.34. The number of nitrogens with one attached hydrogen (secondary N) is 1. The number of hydrogen-bond donors (Lipinski definition) is 1. The minimum absolute atomic E-state index is 0.840. The fourth-order valence-electron chi connectivity index (χ4n) is 2.35. The third-order valence-electron chi connectivity index (χ3n) is 3.39. The van der Waals surface area contributed by atoms with Gasteiger partial charge in [0.15, 0.2) is 0 Å². The first-order chi connectivity index (χ1) is 8.31. The topological polar surface area (TPSA) is 28.2 Å². The summed E-state index contributed by atoms with van der Waals surface area (Å²) in [6, 6.07) is 2.09. The Bertz CT molecular complexity index is 348. The third kappa shape index (κ3) is 3.42. The predicted octanol–water partition coefficient (Wildman–Crippen LogP) is 2.67. The normalized spacial score (nSPS) is 17.4. The molecule has 0 radical (unpaired) electrons. The maximum Gasteiger partial charge on any atom is 0.0592 e. The molecule has 0 saturated carbocycles. The van der Waals surface area contributed by atoms with Gasteiger partial charge in [0.05, 0.1) is 10.2 Å². The smallest absolute Gasteiger partial charge is 0.0592 e. The summed E-state index contributed by atoms with van der Waals surface area (Å²) in [6.07, 6.45) is 6.30. The van der Waals surface area contributed by atoms with Crippen molar-refractivity contribution in [2.24, 2.45) is 5.92 Å². The molecular weight excluding hydrogens is 278 g/mol. The van der Waals surface area contributed by atoms with Gasteiger partial charge in [-0.15, -0.1) is 0 Å². The van der Waals surface area contributed by atoms with Gasteiger partial charge in [-0.2, -0.15) is 0 Å². The molecule has 17 heavy (non-hydrogen) atoms. The largest absolute Gasteiger partial charge is 0.371 e. The fourth-order valence-corrected chi connectivity index (χ4v) is 2.85. The Hall–Kier alpha value is -0.610. The fraction of sp³-hybridized carbons (Fsp3) is 0.615. The lowest BCUT2D eigenvalue weighted by molar-refractivity contribution is 0.386. The van der Waals surface area contributed by atoms with E-state index in [1.165, 1.54) is 25.1 Å². The molecule has 1 N–H and O–H groups in total. The van der Waals surface area contributed by atoms with Gasteiger partial charge in [-0.25, -0.2) is 0 Å². The number of pyridine rings is 1. The van der Waals surface area contributed by atoms with E-state index in [2.05, 4.69) is 44.1 Å². The zero-order valence-electron chi connectivity index (χ0n) is 10.3. The SMILES string of the molecule is CCNCC1CCN(c2ccncc2Br)CC1. The molecule has 0 unspecified atom stereocenters. The van der Waals surface area contributed by atoms with E-state index >= 15 is 0 Å². The number of piperidine rings is 1. The molecule has 1 fully saturated rings. The average molecular weight is 298 g/mol. The molecule has 94 valence electrons. The minimum Gasteiger partial charge on any atom is -0.371 e. The minimum atomic E-state index is 0.840. The first kappa shape index (κ1) is 12.8. The molecule has 1 aliphatic rings. The van der Waals surface area contributed by atoms with E-state index in [4.69, 9.17) is 0 Å². The molecule has 0 amide bonds. The Kier molecular flexibility index (Phi) is 4.80. The van der Waals surface area contributed by atoms with Gasteiger partial charge >= 0.3 is 0 Å². The van der Waals surface area contributed by atoms with Gasteiger partial charge in [-0.05, 0) is 53.8 Å². The second-order valence-electron chi connectivity index (χ2n) is 4.57. The second-order valence-corrected chi connectivity index (χ2v) is 5.42. The summed E-state index contributed by atoms with van der Waals surface area (Å²) in [6.45, 7) is 6.72. The Balaban J connectivity index is 1.89. The van der Waals surface area contributed by atoms with Crippen LogP contribution in [0.15, 0.2) is 22.9 Å². The highest BCUT2D eigenvalue weighted by molar-refractivity contribution is 9.10. The quantitative estimate of drug-likeness (QED) is 0.926. The van der Waals surface area contributed by atoms with Crippen LogP contribution in [-0.2, 0) is 0 Å². The number of anilines is 1. The van der Waals surface area contributed by atoms with Crippen LogP contribution in [0.4, 0.5) is 5.69 Å². The van der Waals surface area contributed by atoms with Crippen molar-refractivity contribution < 1.29 is 0 Å². The first-order valence-corrected chi connectivity index (χ1v) is 7.15. The Labute approximate surface area is 112 Å². The van der Waals surface area contributed by atoms with Crippen molar-refractivity contribution in [3.63, 3.8) is 0 Å². The summed E-state index contributed by atoms with van der Waals surface area (Å²) in [5.74, 6) is 0.840. The number of halogens is 1. The van der Waals surface area contributed by atoms with E-state index in [1.54, 1.807) is 0 Å². The van der Waals surface area contributed by atoms with Gasteiger partial charge < -0.3 is 10.2 Å². The van der Waals surface area contributed by atoms with Gasteiger partial charge in [-0.3, -0.25) is 4.98 Å². The standard InChI is InChI=1S/C13H20BrN3/c1-2-15-9-11-4-7-17(8-5-11)13-3-6-16-10-12(13)14/h3,6,10-11,15H,2,4-5,7-9H2,1H3. The first-order valence-electron chi connectivity index (χ1n) is 6.36. The average Bonchev–Trinajstić information content (AvgIpc) is 2.38. The molecule has 2 heterocycles. The van der Waals surface area contributed by atoms with E-state index < -0.39 is 0 Å². The van der Waals surface area contributed by atoms with Crippen LogP contribution in [-0.4, -0.2) is 31.2 Å². The maximum absolute atomic E-state index is 4.11. The molecule has 0 aliphatic carbocycles. The van der Waals surface area contributed by atoms with Crippen LogP contribution in [0.2, 0.25) is 0 Å². The van der Waals surface area contributed by atoms with E-state index in [0.29, 0.717) is 0 Å². The molecule has 1 aromatic rings. The number of rotatable bonds is 4. The molecule has 0 spiro atoms. The molecule has 1 aromatic heterocycles. The highest BCUT2D eigenvalue weighted by atomic mass is 79.9. The van der Waals surface area contributed by atoms with Crippen molar-refractivity contribution in [1.82, 2.24) is 10.3 Å². The Morgan fingerprint density at radius 1 is 1.47 bits per heavy atom. The van der Waals surface area contributed by atoms with E-state index in [0.717, 1.165) is 30.0 Å². The molecule has 4 heteroatoms. The van der Waals surface area contributed by atoms with Crippen molar-refractivity contribution in [3.8, 4) is 0 Å². The zero-order valence-corrected chi connectivity index (χ0v) is 11.9. The van der Waals surface area contributed by atoms with Crippen molar-refractivity contribution in [3.05, 3.63) is 22.9 Å². The summed E-state index contributed by atoms with van der Waals surface area (Å²) < 4.78 is 1.10. The van der Waals surface area contributed by atoms with Gasteiger partial charge in [0.2, 0.25) is 0 Å². The summed E-state index contributed by atoms with van der Waals surface area (Å²) in [7, 11) is 0. The zero-order chi connectivity index (χ0) is 12.1. The van der Waals surface area contributed by atoms with Crippen LogP contribution < -0.4 is 10.2 Å². The van der Waals surface area contributed by atoms with E-state index in [-0.39, 0.29) is 0 Å². The van der Waals surface area contributed by atoms with E-state index in [9.17, 15) is 0 Å². The van der Waals surface area contributed by atoms with Crippen LogP contribution in [0.25, 0.3) is 0 Å². The molecule has 0 aromatic carbocycles. The van der Waals surface area contributed by atoms with Crippen molar-refractivity contribution in [1.29, 1.82) is 0 Å². The number of nitrogens with zero attached hydrogens (tertiary/aromatic N) is 2. The third-order valence-corrected chi connectivity index (χ3v) is 4.00. The van der Waals surface area contributed by atoms with Gasteiger partial charge in [-0.1, -0.05) is 6.92 Å². The summed E-state index contributed by atoms with van der Waals surface area (Å²) in [5, 5.41) is 3.45. The van der Waals surface area contributed by atoms with Crippen LogP contribution in [0.1, 0.15) is 19.8 Å². The highest BCUT2D eigenvalue weighted by Gasteiger charge is 2.20. The van der Waals surface area contributed by atoms with Crippen molar-refractivity contribution in [2.75, 3.05) is 31.1 Å². The summed E-state index contributed by atoms with van der Waals surface area (Å²) in [4.78, 5) is 6.56. The predicted molar refractivity (Wildman–Crippen MR) is 75.4 cm³/mol. The van der Waals surface area contributed by atoms with Crippen LogP contribution in [0, 0.1) is 5.92 Å². The molecule has 2 rings (SSSR count). The van der Waals surface area contributed by atoms with E-state index in [1.807, 2.05) is 12.4 Å². The molecule has 0 bridgehead atoms. The van der Waals surface area contributed by atoms with Crippen molar-refractivity contribution >= 4 is 21.6 Å². The lowest BCUT2D eigenvalue weighted by Crippen LogP contribution is -2.37. The lowest BCUT2D eigenvalue weighted by atomic mass is 9.96. The Morgan fingerprint density at radius 2 is 2.24 bits per heavy atom. The molecule has 1 aliphatic heterocycles. The maximum atomic E-state index is 4.11. The Morgan fingerprint density at radius 3 is 2.88 bits per heavy atom.